The van der Waals surface area contributed by atoms with Crippen molar-refractivity contribution in [1.82, 2.24) is 14.9 Å². The number of amides is 2. The summed E-state index contributed by atoms with van der Waals surface area (Å²) in [7, 11) is 1.63. The second-order valence-electron chi connectivity index (χ2n) is 6.76. The molecular weight excluding hydrogens is 344 g/mol. The van der Waals surface area contributed by atoms with E-state index in [1.807, 2.05) is 29.2 Å². The number of aryl methyl sites for hydroxylation is 2. The highest BCUT2D eigenvalue weighted by Crippen LogP contribution is 2.26. The van der Waals surface area contributed by atoms with Crippen molar-refractivity contribution in [3.05, 3.63) is 53.1 Å². The first-order valence-electron chi connectivity index (χ1n) is 9.02. The van der Waals surface area contributed by atoms with Crippen LogP contribution in [0, 0.1) is 6.92 Å². The van der Waals surface area contributed by atoms with E-state index in [2.05, 4.69) is 9.97 Å². The van der Waals surface area contributed by atoms with Crippen molar-refractivity contribution < 1.29 is 14.3 Å². The average molecular weight is 368 g/mol. The molecule has 3 rings (SSSR count). The van der Waals surface area contributed by atoms with Crippen LogP contribution in [0.2, 0.25) is 0 Å². The number of rotatable bonds is 6. The van der Waals surface area contributed by atoms with E-state index in [4.69, 9.17) is 10.5 Å². The number of ether oxygens (including phenoxy) is 1. The number of nitrogens with two attached hydrogens (primary N) is 1. The van der Waals surface area contributed by atoms with Gasteiger partial charge >= 0.3 is 0 Å². The Morgan fingerprint density at radius 3 is 2.67 bits per heavy atom. The molecule has 2 N–H and O–H groups in total. The van der Waals surface area contributed by atoms with Crippen molar-refractivity contribution in [2.45, 2.75) is 32.1 Å². The Balaban J connectivity index is 1.56. The third-order valence-corrected chi connectivity index (χ3v) is 4.96. The molecule has 142 valence electrons. The maximum Gasteiger partial charge on any atom is 0.252 e. The molecule has 27 heavy (non-hydrogen) atoms. The van der Waals surface area contributed by atoms with Gasteiger partial charge in [-0.3, -0.25) is 9.59 Å². The second-order valence-corrected chi connectivity index (χ2v) is 6.76. The third-order valence-electron chi connectivity index (χ3n) is 4.96. The maximum atomic E-state index is 12.5. The number of primary amides is 1. The summed E-state index contributed by atoms with van der Waals surface area (Å²) in [6.07, 6.45) is 3.48. The van der Waals surface area contributed by atoms with Gasteiger partial charge in [-0.05, 0) is 37.5 Å². The summed E-state index contributed by atoms with van der Waals surface area (Å²) in [5.41, 5.74) is 7.33. The van der Waals surface area contributed by atoms with Gasteiger partial charge in [-0.15, -0.1) is 0 Å². The van der Waals surface area contributed by atoms with Gasteiger partial charge in [0.05, 0.1) is 18.4 Å². The van der Waals surface area contributed by atoms with Crippen LogP contribution in [0.1, 0.15) is 46.2 Å². The summed E-state index contributed by atoms with van der Waals surface area (Å²) in [5.74, 6) is 1.18. The Kier molecular flexibility index (Phi) is 5.69. The number of methoxy groups -OCH3 is 1. The highest BCUT2D eigenvalue weighted by molar-refractivity contribution is 5.93. The zero-order valence-corrected chi connectivity index (χ0v) is 15.6. The number of hydrogen-bond acceptors (Lipinski definition) is 5. The first-order chi connectivity index (χ1) is 13.0. The lowest BCUT2D eigenvalue weighted by Crippen LogP contribution is -2.28. The van der Waals surface area contributed by atoms with Gasteiger partial charge in [0.15, 0.2) is 0 Å². The zero-order chi connectivity index (χ0) is 19.4. The van der Waals surface area contributed by atoms with Crippen LogP contribution in [-0.2, 0) is 11.2 Å². The standard InChI is InChI=1S/C20H24N4O3/c1-13-17(19(21)26)11-22-20(23-13)15-9-10-24(12-15)18(25)8-5-14-3-6-16(27-2)7-4-14/h3-4,6-7,11,15H,5,8-10,12H2,1-2H3,(H2,21,26)/t15-/m0/s1. The van der Waals surface area contributed by atoms with Gasteiger partial charge in [0, 0.05) is 31.6 Å². The van der Waals surface area contributed by atoms with Gasteiger partial charge in [0.2, 0.25) is 5.91 Å². The summed E-state index contributed by atoms with van der Waals surface area (Å²) in [6.45, 7) is 3.06. The molecule has 1 aromatic heterocycles. The van der Waals surface area contributed by atoms with Crippen molar-refractivity contribution in [1.29, 1.82) is 0 Å². The van der Waals surface area contributed by atoms with Gasteiger partial charge in [-0.25, -0.2) is 9.97 Å². The molecule has 1 aromatic carbocycles. The molecular formula is C20H24N4O3. The fraction of sp³-hybridized carbons (Fsp3) is 0.400. The van der Waals surface area contributed by atoms with Gasteiger partial charge < -0.3 is 15.4 Å². The number of aromatic nitrogens is 2. The SMILES string of the molecule is COc1ccc(CCC(=O)N2CC[C@H](c3ncc(C(N)=O)c(C)n3)C2)cc1. The van der Waals surface area contributed by atoms with E-state index in [-0.39, 0.29) is 11.8 Å². The number of hydrogen-bond donors (Lipinski definition) is 1. The molecule has 1 saturated heterocycles. The first kappa shape index (κ1) is 18.8. The topological polar surface area (TPSA) is 98.4 Å². The van der Waals surface area contributed by atoms with Crippen LogP contribution in [-0.4, -0.2) is 46.9 Å². The number of carbonyl (C=O) groups excluding carboxylic acids is 2. The lowest BCUT2D eigenvalue weighted by molar-refractivity contribution is -0.130. The summed E-state index contributed by atoms with van der Waals surface area (Å²) in [5, 5.41) is 0. The van der Waals surface area contributed by atoms with Crippen LogP contribution in [0.3, 0.4) is 0 Å². The van der Waals surface area contributed by atoms with Gasteiger partial charge in [-0.1, -0.05) is 12.1 Å². The summed E-state index contributed by atoms with van der Waals surface area (Å²) in [4.78, 5) is 34.4. The highest BCUT2D eigenvalue weighted by Gasteiger charge is 2.29. The van der Waals surface area contributed by atoms with E-state index in [9.17, 15) is 9.59 Å². The van der Waals surface area contributed by atoms with E-state index in [0.717, 1.165) is 17.7 Å². The monoisotopic (exact) mass is 368 g/mol. The molecule has 0 bridgehead atoms. The van der Waals surface area contributed by atoms with Crippen molar-refractivity contribution in [3.63, 3.8) is 0 Å². The molecule has 7 heteroatoms. The highest BCUT2D eigenvalue weighted by atomic mass is 16.5. The Labute approximate surface area is 158 Å². The molecule has 0 spiro atoms. The van der Waals surface area contributed by atoms with E-state index >= 15 is 0 Å². The van der Waals surface area contributed by atoms with Gasteiger partial charge in [-0.2, -0.15) is 0 Å². The van der Waals surface area contributed by atoms with Crippen molar-refractivity contribution in [3.8, 4) is 5.75 Å². The van der Waals surface area contributed by atoms with Crippen LogP contribution in [0.25, 0.3) is 0 Å². The molecule has 2 amide bonds. The molecule has 0 aliphatic carbocycles. The third kappa shape index (κ3) is 4.42. The van der Waals surface area contributed by atoms with Crippen molar-refractivity contribution in [2.24, 2.45) is 5.73 Å². The molecule has 2 heterocycles. The minimum Gasteiger partial charge on any atom is -0.497 e. The Morgan fingerprint density at radius 1 is 1.30 bits per heavy atom. The smallest absolute Gasteiger partial charge is 0.252 e. The molecule has 1 atom stereocenters. The molecule has 0 unspecified atom stereocenters. The summed E-state index contributed by atoms with van der Waals surface area (Å²) < 4.78 is 5.15. The molecule has 0 radical (unpaired) electrons. The molecule has 2 aromatic rings. The van der Waals surface area contributed by atoms with E-state index in [1.54, 1.807) is 14.0 Å². The number of benzene rings is 1. The summed E-state index contributed by atoms with van der Waals surface area (Å²) in [6, 6.07) is 7.77. The number of likely N-dealkylation sites (tertiary alicyclic amines) is 1. The molecule has 1 aliphatic rings. The predicted molar refractivity (Wildman–Crippen MR) is 101 cm³/mol. The predicted octanol–water partition coefficient (Wildman–Crippen LogP) is 1.84. The van der Waals surface area contributed by atoms with Crippen molar-refractivity contribution in [2.75, 3.05) is 20.2 Å². The normalized spacial score (nSPS) is 16.4. The first-order valence-corrected chi connectivity index (χ1v) is 9.02. The maximum absolute atomic E-state index is 12.5. The fourth-order valence-corrected chi connectivity index (χ4v) is 3.32. The second kappa shape index (κ2) is 8.16. The van der Waals surface area contributed by atoms with Crippen molar-refractivity contribution >= 4 is 11.8 Å². The Bertz CT molecular complexity index is 836. The van der Waals surface area contributed by atoms with E-state index < -0.39 is 5.91 Å². The lowest BCUT2D eigenvalue weighted by atomic mass is 10.1. The molecule has 0 saturated carbocycles. The minimum absolute atomic E-state index is 0.0931. The molecule has 1 aliphatic heterocycles. The minimum atomic E-state index is -0.527. The van der Waals surface area contributed by atoms with Crippen LogP contribution < -0.4 is 10.5 Å². The summed E-state index contributed by atoms with van der Waals surface area (Å²) >= 11 is 0. The van der Waals surface area contributed by atoms with Gasteiger partial charge in [0.25, 0.3) is 5.91 Å². The number of nitrogens with zero attached hydrogens (tertiary/aromatic N) is 3. The van der Waals surface area contributed by atoms with E-state index in [0.29, 0.717) is 43.0 Å². The van der Waals surface area contributed by atoms with Crippen LogP contribution in [0.5, 0.6) is 5.75 Å². The molecule has 1 fully saturated rings. The largest absolute Gasteiger partial charge is 0.497 e. The lowest BCUT2D eigenvalue weighted by Gasteiger charge is -2.16. The van der Waals surface area contributed by atoms with Gasteiger partial charge in [0.1, 0.15) is 11.6 Å². The molecule has 7 nitrogen and oxygen atoms in total. The quantitative estimate of drug-likeness (QED) is 0.839. The van der Waals surface area contributed by atoms with Crippen LogP contribution in [0.4, 0.5) is 0 Å². The van der Waals surface area contributed by atoms with Crippen LogP contribution in [0.15, 0.2) is 30.5 Å². The number of carbonyl (C=O) groups is 2. The fourth-order valence-electron chi connectivity index (χ4n) is 3.32. The zero-order valence-electron chi connectivity index (χ0n) is 15.6. The van der Waals surface area contributed by atoms with Crippen LogP contribution >= 0.6 is 0 Å². The Hall–Kier alpha value is -2.96. The Morgan fingerprint density at radius 2 is 2.04 bits per heavy atom. The van der Waals surface area contributed by atoms with E-state index in [1.165, 1.54) is 6.20 Å². The average Bonchev–Trinajstić information content (AvgIpc) is 3.16.